The van der Waals surface area contributed by atoms with Crippen molar-refractivity contribution in [3.8, 4) is 5.75 Å². The van der Waals surface area contributed by atoms with E-state index < -0.39 is 11.6 Å². The maximum Gasteiger partial charge on any atom is 0.324 e. The summed E-state index contributed by atoms with van der Waals surface area (Å²) in [6.45, 7) is 7.85. The van der Waals surface area contributed by atoms with E-state index in [0.29, 0.717) is 43.6 Å². The van der Waals surface area contributed by atoms with Crippen molar-refractivity contribution in [2.24, 2.45) is 11.7 Å². The largest absolute Gasteiger partial charge is 0.492 e. The van der Waals surface area contributed by atoms with E-state index in [2.05, 4.69) is 38.8 Å². The van der Waals surface area contributed by atoms with Crippen LogP contribution in [0, 0.1) is 17.6 Å². The Balaban J connectivity index is 1.02. The lowest BCUT2D eigenvalue weighted by Crippen LogP contribution is -2.48. The first-order valence-corrected chi connectivity index (χ1v) is 14.0. The Morgan fingerprint density at radius 2 is 1.87 bits per heavy atom. The van der Waals surface area contributed by atoms with Crippen molar-refractivity contribution in [1.82, 2.24) is 15.1 Å². The number of hydrogen-bond acceptors (Lipinski definition) is 8. The number of anilines is 2. The minimum Gasteiger partial charge on any atom is -0.492 e. The molecule has 0 spiro atoms. The van der Waals surface area contributed by atoms with E-state index in [9.17, 15) is 8.78 Å². The van der Waals surface area contributed by atoms with Crippen LogP contribution >= 0.6 is 0 Å². The molecule has 2 aromatic heterocycles. The molecule has 0 aliphatic carbocycles. The standard InChI is InChI=1S/C29H38F2N6O2/c1-19(2)28-34-29(39-35-28)36-12-9-20(10-13-36)4-3-15-38-22-6-8-27(33-17-22)37-14-11-23(26(32)18-37)24-16-21(30)5-7-25(24)31/h5-8,16-17,19-20,23,26H,3-4,9-15,18,32H2,1-2H3/t23-,26+/m1/s1. The van der Waals surface area contributed by atoms with E-state index in [0.717, 1.165) is 62.2 Å². The summed E-state index contributed by atoms with van der Waals surface area (Å²) in [5.41, 5.74) is 6.74. The van der Waals surface area contributed by atoms with Crippen LogP contribution < -0.4 is 20.3 Å². The number of halogens is 2. The normalized spacial score (nSPS) is 20.6. The highest BCUT2D eigenvalue weighted by molar-refractivity contribution is 5.42. The summed E-state index contributed by atoms with van der Waals surface area (Å²) < 4.78 is 39.3. The van der Waals surface area contributed by atoms with Gasteiger partial charge in [-0.15, -0.1) is 0 Å². The second-order valence-corrected chi connectivity index (χ2v) is 11.0. The van der Waals surface area contributed by atoms with E-state index in [4.69, 9.17) is 15.0 Å². The number of nitrogens with zero attached hydrogens (tertiary/aromatic N) is 5. The van der Waals surface area contributed by atoms with Crippen LogP contribution in [0.1, 0.15) is 69.2 Å². The molecule has 2 saturated heterocycles. The fourth-order valence-corrected chi connectivity index (χ4v) is 5.58. The molecule has 10 heteroatoms. The number of aromatic nitrogens is 3. The molecular formula is C29H38F2N6O2. The third-order valence-electron chi connectivity index (χ3n) is 7.92. The van der Waals surface area contributed by atoms with Crippen LogP contribution in [0.25, 0.3) is 0 Å². The Hall–Kier alpha value is -3.27. The van der Waals surface area contributed by atoms with Crippen LogP contribution in [0.5, 0.6) is 5.75 Å². The van der Waals surface area contributed by atoms with Gasteiger partial charge in [0, 0.05) is 44.1 Å². The van der Waals surface area contributed by atoms with Crippen LogP contribution in [-0.2, 0) is 0 Å². The first kappa shape index (κ1) is 27.3. The zero-order valence-electron chi connectivity index (χ0n) is 22.7. The molecule has 0 saturated carbocycles. The molecule has 1 aromatic carbocycles. The summed E-state index contributed by atoms with van der Waals surface area (Å²) in [5.74, 6) is 2.19. The van der Waals surface area contributed by atoms with Crippen LogP contribution in [0.4, 0.5) is 20.6 Å². The van der Waals surface area contributed by atoms with Gasteiger partial charge >= 0.3 is 6.01 Å². The SMILES string of the molecule is CC(C)c1noc(N2CCC(CCCOc3ccc(N4CC[C@H](c5cc(F)ccc5F)[C@@H](N)C4)nc3)CC2)n1. The topological polar surface area (TPSA) is 93.5 Å². The molecule has 2 aliphatic heterocycles. The minimum absolute atomic E-state index is 0.219. The van der Waals surface area contributed by atoms with Crippen molar-refractivity contribution in [3.05, 3.63) is 59.6 Å². The quantitative estimate of drug-likeness (QED) is 0.367. The Morgan fingerprint density at radius 3 is 2.56 bits per heavy atom. The maximum atomic E-state index is 14.3. The van der Waals surface area contributed by atoms with Gasteiger partial charge in [0.2, 0.25) is 0 Å². The highest BCUT2D eigenvalue weighted by Gasteiger charge is 2.30. The van der Waals surface area contributed by atoms with Gasteiger partial charge in [-0.2, -0.15) is 4.98 Å². The molecule has 2 fully saturated rings. The zero-order chi connectivity index (χ0) is 27.4. The number of nitrogens with two attached hydrogens (primary N) is 1. The summed E-state index contributed by atoms with van der Waals surface area (Å²) in [4.78, 5) is 13.4. The number of pyridine rings is 1. The highest BCUT2D eigenvalue weighted by Crippen LogP contribution is 2.32. The smallest absolute Gasteiger partial charge is 0.324 e. The van der Waals surface area contributed by atoms with Gasteiger partial charge in [0.25, 0.3) is 0 Å². The first-order chi connectivity index (χ1) is 18.9. The fourth-order valence-electron chi connectivity index (χ4n) is 5.58. The summed E-state index contributed by atoms with van der Waals surface area (Å²) in [6, 6.07) is 7.77. The second kappa shape index (κ2) is 12.3. The van der Waals surface area contributed by atoms with E-state index in [1.165, 1.54) is 12.1 Å². The highest BCUT2D eigenvalue weighted by atomic mass is 19.1. The van der Waals surface area contributed by atoms with Gasteiger partial charge in [0.05, 0.1) is 12.8 Å². The van der Waals surface area contributed by atoms with Gasteiger partial charge in [-0.05, 0) is 73.9 Å². The van der Waals surface area contributed by atoms with Gasteiger partial charge < -0.3 is 24.8 Å². The van der Waals surface area contributed by atoms with Crippen molar-refractivity contribution >= 4 is 11.8 Å². The molecule has 3 aromatic rings. The fraction of sp³-hybridized carbons (Fsp3) is 0.552. The Morgan fingerprint density at radius 1 is 1.08 bits per heavy atom. The van der Waals surface area contributed by atoms with Gasteiger partial charge in [-0.1, -0.05) is 19.0 Å². The Kier molecular flexibility index (Phi) is 8.60. The lowest BCUT2D eigenvalue weighted by atomic mass is 9.85. The van der Waals surface area contributed by atoms with Gasteiger partial charge in [0.1, 0.15) is 23.2 Å². The number of hydrogen-bond donors (Lipinski definition) is 1. The molecule has 2 N–H and O–H groups in total. The predicted octanol–water partition coefficient (Wildman–Crippen LogP) is 5.26. The minimum atomic E-state index is -0.441. The Labute approximate surface area is 228 Å². The lowest BCUT2D eigenvalue weighted by Gasteiger charge is -2.37. The molecule has 8 nitrogen and oxygen atoms in total. The average Bonchev–Trinajstić information content (AvgIpc) is 3.44. The van der Waals surface area contributed by atoms with E-state index in [1.807, 2.05) is 12.1 Å². The van der Waals surface area contributed by atoms with Crippen molar-refractivity contribution in [2.45, 2.75) is 63.8 Å². The lowest BCUT2D eigenvalue weighted by molar-refractivity contribution is 0.275. The first-order valence-electron chi connectivity index (χ1n) is 14.0. The number of rotatable bonds is 9. The van der Waals surface area contributed by atoms with Gasteiger partial charge in [-0.25, -0.2) is 13.8 Å². The summed E-state index contributed by atoms with van der Waals surface area (Å²) in [7, 11) is 0. The molecule has 39 heavy (non-hydrogen) atoms. The molecule has 210 valence electrons. The second-order valence-electron chi connectivity index (χ2n) is 11.0. The molecule has 4 heterocycles. The van der Waals surface area contributed by atoms with Crippen LogP contribution in [0.2, 0.25) is 0 Å². The molecule has 0 unspecified atom stereocenters. The molecule has 0 amide bonds. The van der Waals surface area contributed by atoms with E-state index in [-0.39, 0.29) is 17.9 Å². The Bertz CT molecular complexity index is 1210. The monoisotopic (exact) mass is 540 g/mol. The molecule has 5 rings (SSSR count). The molecule has 2 aliphatic rings. The van der Waals surface area contributed by atoms with E-state index >= 15 is 0 Å². The summed E-state index contributed by atoms with van der Waals surface area (Å²) in [5, 5.41) is 4.07. The number of piperidine rings is 2. The molecule has 0 radical (unpaired) electrons. The van der Waals surface area contributed by atoms with E-state index in [1.54, 1.807) is 6.20 Å². The third kappa shape index (κ3) is 6.66. The predicted molar refractivity (Wildman–Crippen MR) is 146 cm³/mol. The zero-order valence-corrected chi connectivity index (χ0v) is 22.7. The molecule has 0 bridgehead atoms. The van der Waals surface area contributed by atoms with Crippen molar-refractivity contribution in [2.75, 3.05) is 42.6 Å². The van der Waals surface area contributed by atoms with Crippen molar-refractivity contribution in [1.29, 1.82) is 0 Å². The summed E-state index contributed by atoms with van der Waals surface area (Å²) in [6.07, 6.45) is 6.71. The van der Waals surface area contributed by atoms with Crippen LogP contribution in [0.15, 0.2) is 41.1 Å². The van der Waals surface area contributed by atoms with Crippen LogP contribution in [-0.4, -0.2) is 54.0 Å². The number of benzene rings is 1. The molecular weight excluding hydrogens is 502 g/mol. The molecule has 2 atom stereocenters. The van der Waals surface area contributed by atoms with Gasteiger partial charge in [-0.3, -0.25) is 0 Å². The average molecular weight is 541 g/mol. The van der Waals surface area contributed by atoms with Crippen molar-refractivity contribution in [3.63, 3.8) is 0 Å². The van der Waals surface area contributed by atoms with Crippen LogP contribution in [0.3, 0.4) is 0 Å². The maximum absolute atomic E-state index is 14.3. The third-order valence-corrected chi connectivity index (χ3v) is 7.92. The number of ether oxygens (including phenoxy) is 1. The van der Waals surface area contributed by atoms with Crippen molar-refractivity contribution < 1.29 is 18.0 Å². The summed E-state index contributed by atoms with van der Waals surface area (Å²) >= 11 is 0. The van der Waals surface area contributed by atoms with Gasteiger partial charge in [0.15, 0.2) is 5.82 Å².